The summed E-state index contributed by atoms with van der Waals surface area (Å²) < 4.78 is 11.8. The number of anilines is 1. The Bertz CT molecular complexity index is 744. The standard InChI is InChI=1S/C19H22BrNO3/c1-5-8-24-18-15(20)10-14(11-17(18)23-4)19(22)21-16-9-12(2)6-7-13(16)3/h6-7,9-11H,5,8H2,1-4H3,(H,21,22). The van der Waals surface area contributed by atoms with Crippen molar-refractivity contribution in [2.75, 3.05) is 19.0 Å². The van der Waals surface area contributed by atoms with Crippen LogP contribution in [-0.2, 0) is 0 Å². The second-order valence-electron chi connectivity index (χ2n) is 5.61. The van der Waals surface area contributed by atoms with Gasteiger partial charge in [0.2, 0.25) is 0 Å². The molecule has 0 atom stereocenters. The lowest BCUT2D eigenvalue weighted by molar-refractivity contribution is 0.102. The topological polar surface area (TPSA) is 47.6 Å². The van der Waals surface area contributed by atoms with Crippen molar-refractivity contribution in [3.8, 4) is 11.5 Å². The van der Waals surface area contributed by atoms with E-state index in [1.807, 2.05) is 39.0 Å². The summed E-state index contributed by atoms with van der Waals surface area (Å²) in [5.41, 5.74) is 3.42. The van der Waals surface area contributed by atoms with Crippen LogP contribution in [0.3, 0.4) is 0 Å². The number of hydrogen-bond donors (Lipinski definition) is 1. The molecule has 0 heterocycles. The Balaban J connectivity index is 2.29. The maximum absolute atomic E-state index is 12.6. The molecule has 0 aromatic heterocycles. The van der Waals surface area contributed by atoms with Crippen LogP contribution in [0.25, 0.3) is 0 Å². The number of amides is 1. The van der Waals surface area contributed by atoms with Crippen LogP contribution in [0.1, 0.15) is 34.8 Å². The zero-order valence-corrected chi connectivity index (χ0v) is 16.0. The second-order valence-corrected chi connectivity index (χ2v) is 6.46. The fourth-order valence-corrected chi connectivity index (χ4v) is 2.82. The number of benzene rings is 2. The number of nitrogens with one attached hydrogen (secondary N) is 1. The van der Waals surface area contributed by atoms with Crippen LogP contribution in [0, 0.1) is 13.8 Å². The highest BCUT2D eigenvalue weighted by atomic mass is 79.9. The van der Waals surface area contributed by atoms with Gasteiger partial charge in [0.15, 0.2) is 11.5 Å². The molecule has 2 aromatic rings. The summed E-state index contributed by atoms with van der Waals surface area (Å²) in [6, 6.07) is 9.40. The SMILES string of the molecule is CCCOc1c(Br)cc(C(=O)Nc2cc(C)ccc2C)cc1OC. The van der Waals surface area contributed by atoms with Crippen LogP contribution >= 0.6 is 15.9 Å². The lowest BCUT2D eigenvalue weighted by atomic mass is 10.1. The number of carbonyl (C=O) groups is 1. The Hall–Kier alpha value is -2.01. The van der Waals surface area contributed by atoms with E-state index in [1.165, 1.54) is 0 Å². The lowest BCUT2D eigenvalue weighted by Gasteiger charge is -2.14. The first-order valence-corrected chi connectivity index (χ1v) is 8.64. The van der Waals surface area contributed by atoms with Gasteiger partial charge in [-0.2, -0.15) is 0 Å². The lowest BCUT2D eigenvalue weighted by Crippen LogP contribution is -2.13. The molecule has 0 aliphatic carbocycles. The van der Waals surface area contributed by atoms with E-state index in [-0.39, 0.29) is 5.91 Å². The molecule has 0 saturated heterocycles. The molecule has 0 unspecified atom stereocenters. The number of rotatable bonds is 6. The third kappa shape index (κ3) is 4.29. The van der Waals surface area contributed by atoms with Crippen LogP contribution in [0.5, 0.6) is 11.5 Å². The molecule has 128 valence electrons. The zero-order valence-electron chi connectivity index (χ0n) is 14.4. The number of aryl methyl sites for hydroxylation is 2. The molecule has 0 bridgehead atoms. The highest BCUT2D eigenvalue weighted by Gasteiger charge is 2.16. The Kier molecular flexibility index (Phi) is 6.26. The van der Waals surface area contributed by atoms with Crippen molar-refractivity contribution in [3.05, 3.63) is 51.5 Å². The van der Waals surface area contributed by atoms with Crippen molar-refractivity contribution in [1.29, 1.82) is 0 Å². The number of methoxy groups -OCH3 is 1. The van der Waals surface area contributed by atoms with Gasteiger partial charge < -0.3 is 14.8 Å². The van der Waals surface area contributed by atoms with Crippen molar-refractivity contribution < 1.29 is 14.3 Å². The summed E-state index contributed by atoms with van der Waals surface area (Å²) >= 11 is 3.46. The molecule has 2 rings (SSSR count). The van der Waals surface area contributed by atoms with Crippen molar-refractivity contribution >= 4 is 27.5 Å². The second kappa shape index (κ2) is 8.20. The van der Waals surface area contributed by atoms with Gasteiger partial charge >= 0.3 is 0 Å². The first kappa shape index (κ1) is 18.3. The van der Waals surface area contributed by atoms with E-state index in [0.717, 1.165) is 23.2 Å². The van der Waals surface area contributed by atoms with Crippen LogP contribution in [0.2, 0.25) is 0 Å². The van der Waals surface area contributed by atoms with Gasteiger partial charge in [-0.1, -0.05) is 19.1 Å². The Morgan fingerprint density at radius 3 is 2.62 bits per heavy atom. The Morgan fingerprint density at radius 2 is 1.96 bits per heavy atom. The average Bonchev–Trinajstić information content (AvgIpc) is 2.56. The molecule has 0 saturated carbocycles. The molecule has 0 aliphatic rings. The van der Waals surface area contributed by atoms with Crippen molar-refractivity contribution in [2.45, 2.75) is 27.2 Å². The van der Waals surface area contributed by atoms with E-state index in [4.69, 9.17) is 9.47 Å². The van der Waals surface area contributed by atoms with Crippen LogP contribution < -0.4 is 14.8 Å². The predicted molar refractivity (Wildman–Crippen MR) is 100 cm³/mol. The molecule has 0 fully saturated rings. The summed E-state index contributed by atoms with van der Waals surface area (Å²) in [5, 5.41) is 2.95. The van der Waals surface area contributed by atoms with Gasteiger partial charge in [-0.3, -0.25) is 4.79 Å². The third-order valence-electron chi connectivity index (χ3n) is 3.58. The van der Waals surface area contributed by atoms with Crippen molar-refractivity contribution in [3.63, 3.8) is 0 Å². The summed E-state index contributed by atoms with van der Waals surface area (Å²) in [7, 11) is 1.56. The molecular formula is C19H22BrNO3. The molecule has 24 heavy (non-hydrogen) atoms. The molecule has 5 heteroatoms. The smallest absolute Gasteiger partial charge is 0.255 e. The van der Waals surface area contributed by atoms with Crippen LogP contribution in [-0.4, -0.2) is 19.6 Å². The maximum atomic E-state index is 12.6. The molecule has 1 N–H and O–H groups in total. The minimum Gasteiger partial charge on any atom is -0.493 e. The molecule has 1 amide bonds. The summed E-state index contributed by atoms with van der Waals surface area (Å²) in [4.78, 5) is 12.6. The highest BCUT2D eigenvalue weighted by molar-refractivity contribution is 9.10. The van der Waals surface area contributed by atoms with E-state index in [0.29, 0.717) is 28.1 Å². The maximum Gasteiger partial charge on any atom is 0.255 e. The summed E-state index contributed by atoms with van der Waals surface area (Å²) in [6.45, 7) is 6.58. The van der Waals surface area contributed by atoms with Gasteiger partial charge in [0.05, 0.1) is 18.2 Å². The first-order chi connectivity index (χ1) is 11.5. The fourth-order valence-electron chi connectivity index (χ4n) is 2.26. The number of hydrogen-bond acceptors (Lipinski definition) is 3. The fraction of sp³-hybridized carbons (Fsp3) is 0.316. The quantitative estimate of drug-likeness (QED) is 0.743. The molecule has 0 aliphatic heterocycles. The van der Waals surface area contributed by atoms with E-state index in [2.05, 4.69) is 21.2 Å². The molecule has 0 radical (unpaired) electrons. The third-order valence-corrected chi connectivity index (χ3v) is 4.17. The van der Waals surface area contributed by atoms with Gasteiger partial charge in [-0.05, 0) is 65.5 Å². The van der Waals surface area contributed by atoms with Gasteiger partial charge in [-0.15, -0.1) is 0 Å². The van der Waals surface area contributed by atoms with E-state index in [1.54, 1.807) is 19.2 Å². The highest BCUT2D eigenvalue weighted by Crippen LogP contribution is 2.37. The monoisotopic (exact) mass is 391 g/mol. The summed E-state index contributed by atoms with van der Waals surface area (Å²) in [6.07, 6.45) is 0.893. The minimum absolute atomic E-state index is 0.190. The zero-order chi connectivity index (χ0) is 17.7. The van der Waals surface area contributed by atoms with Crippen molar-refractivity contribution in [1.82, 2.24) is 0 Å². The van der Waals surface area contributed by atoms with Gasteiger partial charge in [0, 0.05) is 11.3 Å². The largest absolute Gasteiger partial charge is 0.493 e. The molecule has 4 nitrogen and oxygen atoms in total. The van der Waals surface area contributed by atoms with Crippen LogP contribution in [0.15, 0.2) is 34.8 Å². The number of ether oxygens (including phenoxy) is 2. The van der Waals surface area contributed by atoms with Crippen LogP contribution in [0.4, 0.5) is 5.69 Å². The first-order valence-electron chi connectivity index (χ1n) is 7.85. The van der Waals surface area contributed by atoms with E-state index >= 15 is 0 Å². The molecule has 2 aromatic carbocycles. The van der Waals surface area contributed by atoms with Gasteiger partial charge in [0.1, 0.15) is 0 Å². The predicted octanol–water partition coefficient (Wildman–Crippen LogP) is 5.12. The number of carbonyl (C=O) groups excluding carboxylic acids is 1. The summed E-state index contributed by atoms with van der Waals surface area (Å²) in [5.74, 6) is 0.955. The molecular weight excluding hydrogens is 370 g/mol. The Labute approximate surface area is 151 Å². The van der Waals surface area contributed by atoms with Gasteiger partial charge in [-0.25, -0.2) is 0 Å². The van der Waals surface area contributed by atoms with E-state index < -0.39 is 0 Å². The number of halogens is 1. The molecule has 0 spiro atoms. The minimum atomic E-state index is -0.190. The van der Waals surface area contributed by atoms with Crippen molar-refractivity contribution in [2.24, 2.45) is 0 Å². The van der Waals surface area contributed by atoms with Gasteiger partial charge in [0.25, 0.3) is 5.91 Å². The Morgan fingerprint density at radius 1 is 1.21 bits per heavy atom. The normalized spacial score (nSPS) is 10.4. The van der Waals surface area contributed by atoms with E-state index in [9.17, 15) is 4.79 Å². The average molecular weight is 392 g/mol.